The van der Waals surface area contributed by atoms with E-state index >= 15 is 0 Å². The molecule has 0 N–H and O–H groups in total. The number of rotatable bonds is 10. The minimum atomic E-state index is 0.209. The van der Waals surface area contributed by atoms with Gasteiger partial charge in [-0.3, -0.25) is 0 Å². The average Bonchev–Trinajstić information content (AvgIpc) is 3.37. The van der Waals surface area contributed by atoms with E-state index in [4.69, 9.17) is 0 Å². The van der Waals surface area contributed by atoms with Crippen molar-refractivity contribution in [3.05, 3.63) is 191 Å². The first-order chi connectivity index (χ1) is 25.0. The first-order valence-corrected chi connectivity index (χ1v) is 19.5. The Morgan fingerprint density at radius 3 is 1.76 bits per heavy atom. The highest BCUT2D eigenvalue weighted by Gasteiger charge is 2.20. The van der Waals surface area contributed by atoms with Gasteiger partial charge in [0.15, 0.2) is 0 Å². The first-order valence-electron chi connectivity index (χ1n) is 19.5. The molecule has 1 nitrogen and oxygen atoms in total. The number of anilines is 2. The molecule has 1 heteroatoms. The van der Waals surface area contributed by atoms with Gasteiger partial charge in [0.2, 0.25) is 0 Å². The minimum Gasteiger partial charge on any atom is -0.331 e. The zero-order chi connectivity index (χ0) is 36.8. The molecule has 0 saturated heterocycles. The van der Waals surface area contributed by atoms with Gasteiger partial charge in [0.1, 0.15) is 0 Å². The molecular formula is C50H63N. The smallest absolute Gasteiger partial charge is 0.0712 e. The molecule has 0 radical (unpaired) electrons. The van der Waals surface area contributed by atoms with E-state index in [0.29, 0.717) is 11.8 Å². The predicted molar refractivity (Wildman–Crippen MR) is 228 cm³/mol. The standard InChI is InChI=1S/C25H29N.C23H28.C2H6/c1-3-5-12-22-18-20-25(19-17-21(22)4-2)26(23-13-8-6-9-14-23)24-15-10-7-11-16-24;1-5-12-22-21(20-14-8-7-9-15-20)16-11-10-13-19(6-2)23(22)17-18(3)4;1-2/h6-11,13-20,25H,3-5,12H2,1-2H3;6-18,21H,5H2,1-4H3;1-2H3/b;13-10-,16-11-,19-6-,22-12-,23-17-;. The molecule has 2 aliphatic carbocycles. The fourth-order valence-electron chi connectivity index (χ4n) is 6.55. The molecule has 268 valence electrons. The maximum absolute atomic E-state index is 2.41. The highest BCUT2D eigenvalue weighted by atomic mass is 15.2. The molecule has 51 heavy (non-hydrogen) atoms. The van der Waals surface area contributed by atoms with E-state index in [0.717, 1.165) is 12.8 Å². The highest BCUT2D eigenvalue weighted by molar-refractivity contribution is 5.66. The highest BCUT2D eigenvalue weighted by Crippen LogP contribution is 2.37. The van der Waals surface area contributed by atoms with Gasteiger partial charge in [0.05, 0.1) is 6.04 Å². The second kappa shape index (κ2) is 23.0. The van der Waals surface area contributed by atoms with Crippen molar-refractivity contribution in [2.45, 2.75) is 99.5 Å². The third kappa shape index (κ3) is 12.3. The van der Waals surface area contributed by atoms with Gasteiger partial charge in [-0.1, -0.05) is 188 Å². The molecule has 0 fully saturated rings. The normalized spacial score (nSPS) is 20.5. The van der Waals surface area contributed by atoms with Crippen molar-refractivity contribution in [3.63, 3.8) is 0 Å². The van der Waals surface area contributed by atoms with Crippen LogP contribution in [0.4, 0.5) is 11.4 Å². The molecule has 5 rings (SSSR count). The fraction of sp³-hybridized carbons (Fsp3) is 0.320. The fourth-order valence-corrected chi connectivity index (χ4v) is 6.55. The van der Waals surface area contributed by atoms with E-state index in [2.05, 4.69) is 204 Å². The molecule has 0 amide bonds. The minimum absolute atomic E-state index is 0.209. The Kier molecular flexibility index (Phi) is 18.4. The molecule has 2 atom stereocenters. The second-order valence-corrected chi connectivity index (χ2v) is 13.0. The second-order valence-electron chi connectivity index (χ2n) is 13.0. The van der Waals surface area contributed by atoms with Crippen molar-refractivity contribution in [1.29, 1.82) is 0 Å². The summed E-state index contributed by atoms with van der Waals surface area (Å²) in [5.74, 6) is 0.828. The lowest BCUT2D eigenvalue weighted by atomic mass is 9.80. The molecule has 0 heterocycles. The summed E-state index contributed by atoms with van der Waals surface area (Å²) in [4.78, 5) is 2.41. The van der Waals surface area contributed by atoms with Crippen LogP contribution in [0.5, 0.6) is 0 Å². The molecule has 0 aliphatic heterocycles. The van der Waals surface area contributed by atoms with E-state index in [1.165, 1.54) is 64.1 Å². The van der Waals surface area contributed by atoms with Crippen LogP contribution in [0.2, 0.25) is 0 Å². The van der Waals surface area contributed by atoms with Gasteiger partial charge < -0.3 is 4.90 Å². The number of allylic oxidation sites excluding steroid dienone is 14. The monoisotopic (exact) mass is 677 g/mol. The van der Waals surface area contributed by atoms with E-state index in [9.17, 15) is 0 Å². The summed E-state index contributed by atoms with van der Waals surface area (Å²) in [6.07, 6.45) is 31.1. The largest absolute Gasteiger partial charge is 0.331 e. The van der Waals surface area contributed by atoms with Crippen LogP contribution in [-0.4, -0.2) is 6.04 Å². The van der Waals surface area contributed by atoms with Crippen LogP contribution in [-0.2, 0) is 0 Å². The summed E-state index contributed by atoms with van der Waals surface area (Å²) >= 11 is 0. The van der Waals surface area contributed by atoms with Crippen LogP contribution in [0, 0.1) is 5.92 Å². The Bertz CT molecular complexity index is 1630. The van der Waals surface area contributed by atoms with Crippen LogP contribution in [0.3, 0.4) is 0 Å². The number of nitrogens with zero attached hydrogens (tertiary/aromatic N) is 1. The summed E-state index contributed by atoms with van der Waals surface area (Å²) < 4.78 is 0. The molecule has 0 bridgehead atoms. The Morgan fingerprint density at radius 2 is 1.25 bits per heavy atom. The lowest BCUT2D eigenvalue weighted by Gasteiger charge is -2.30. The zero-order valence-electron chi connectivity index (χ0n) is 32.7. The van der Waals surface area contributed by atoms with Crippen LogP contribution in [0.1, 0.15) is 99.0 Å². The first kappa shape index (κ1) is 40.8. The average molecular weight is 678 g/mol. The molecule has 2 aliphatic rings. The third-order valence-electron chi connectivity index (χ3n) is 8.99. The number of hydrogen-bond acceptors (Lipinski definition) is 1. The number of hydrogen-bond donors (Lipinski definition) is 0. The summed E-state index contributed by atoms with van der Waals surface area (Å²) in [5.41, 5.74) is 10.8. The molecule has 0 spiro atoms. The molecule has 0 saturated carbocycles. The van der Waals surface area contributed by atoms with E-state index in [1.807, 2.05) is 13.8 Å². The van der Waals surface area contributed by atoms with E-state index < -0.39 is 0 Å². The van der Waals surface area contributed by atoms with Crippen molar-refractivity contribution in [3.8, 4) is 0 Å². The van der Waals surface area contributed by atoms with Crippen LogP contribution in [0.25, 0.3) is 0 Å². The van der Waals surface area contributed by atoms with Gasteiger partial charge in [0.25, 0.3) is 0 Å². The summed E-state index contributed by atoms with van der Waals surface area (Å²) in [5, 5.41) is 0. The summed E-state index contributed by atoms with van der Waals surface area (Å²) in [6, 6.07) is 32.3. The van der Waals surface area contributed by atoms with Crippen molar-refractivity contribution in [2.75, 3.05) is 4.90 Å². The van der Waals surface area contributed by atoms with Crippen molar-refractivity contribution >= 4 is 11.4 Å². The van der Waals surface area contributed by atoms with Gasteiger partial charge in [-0.25, -0.2) is 0 Å². The number of benzene rings is 3. The van der Waals surface area contributed by atoms with Gasteiger partial charge >= 0.3 is 0 Å². The van der Waals surface area contributed by atoms with Gasteiger partial charge in [-0.15, -0.1) is 0 Å². The van der Waals surface area contributed by atoms with Gasteiger partial charge in [-0.2, -0.15) is 0 Å². The maximum Gasteiger partial charge on any atom is 0.0712 e. The Balaban J connectivity index is 0.000000265. The van der Waals surface area contributed by atoms with Crippen molar-refractivity contribution in [1.82, 2.24) is 0 Å². The van der Waals surface area contributed by atoms with Gasteiger partial charge in [-0.05, 0) is 96.2 Å². The van der Waals surface area contributed by atoms with E-state index in [1.54, 1.807) is 0 Å². The number of para-hydroxylation sites is 2. The maximum atomic E-state index is 2.41. The third-order valence-corrected chi connectivity index (χ3v) is 8.99. The predicted octanol–water partition coefficient (Wildman–Crippen LogP) is 15.0. The molecule has 0 aromatic heterocycles. The lowest BCUT2D eigenvalue weighted by molar-refractivity contribution is 0.790. The summed E-state index contributed by atoms with van der Waals surface area (Å²) in [7, 11) is 0. The molecule has 3 aromatic carbocycles. The van der Waals surface area contributed by atoms with Crippen LogP contribution in [0.15, 0.2) is 186 Å². The van der Waals surface area contributed by atoms with Crippen molar-refractivity contribution < 1.29 is 0 Å². The molecular weight excluding hydrogens is 615 g/mol. The van der Waals surface area contributed by atoms with Gasteiger partial charge in [0, 0.05) is 17.3 Å². The lowest BCUT2D eigenvalue weighted by Crippen LogP contribution is -2.27. The topological polar surface area (TPSA) is 3.24 Å². The number of unbranched alkanes of at least 4 members (excludes halogenated alkanes) is 1. The summed E-state index contributed by atoms with van der Waals surface area (Å²) in [6.45, 7) is 17.4. The molecule has 2 unspecified atom stereocenters. The zero-order valence-corrected chi connectivity index (χ0v) is 32.7. The quantitative estimate of drug-likeness (QED) is 0.206. The Labute approximate surface area is 311 Å². The molecule has 3 aromatic rings. The Morgan fingerprint density at radius 1 is 0.686 bits per heavy atom. The van der Waals surface area contributed by atoms with Crippen LogP contribution >= 0.6 is 0 Å². The SMILES string of the molecule is C/C=C1/C=C\C=C/C(c2ccccc2)C(=C/CC)/C1=C\C(C)C.CC.CCCCC1=C(CC)C=CC(N(c2ccccc2)c2ccccc2)C=C1. The van der Waals surface area contributed by atoms with Crippen molar-refractivity contribution in [2.24, 2.45) is 5.92 Å². The van der Waals surface area contributed by atoms with Crippen LogP contribution < -0.4 is 4.90 Å². The van der Waals surface area contributed by atoms with E-state index in [-0.39, 0.29) is 6.04 Å². The Hall–Kier alpha value is -4.62.